The summed E-state index contributed by atoms with van der Waals surface area (Å²) >= 11 is 0. The Hall–Kier alpha value is -1.64. The Morgan fingerprint density at radius 1 is 1.19 bits per heavy atom. The Kier molecular flexibility index (Phi) is 5.16. The predicted octanol–water partition coefficient (Wildman–Crippen LogP) is 3.60. The number of Topliss-reactive ketones (excluding diaryl/α,β-unsaturated/α-hetero) is 1. The highest BCUT2D eigenvalue weighted by Gasteiger charge is 2.31. The van der Waals surface area contributed by atoms with Gasteiger partial charge in [0.2, 0.25) is 5.78 Å². The summed E-state index contributed by atoms with van der Waals surface area (Å²) in [5.41, 5.74) is 1.59. The van der Waals surface area contributed by atoms with Crippen molar-refractivity contribution in [2.45, 2.75) is 52.5 Å². The van der Waals surface area contributed by atoms with Gasteiger partial charge in [0.25, 0.3) is 5.91 Å². The van der Waals surface area contributed by atoms with Gasteiger partial charge in [-0.25, -0.2) is 0 Å². The van der Waals surface area contributed by atoms with Crippen molar-refractivity contribution >= 4 is 11.7 Å². The number of likely N-dealkylation sites (tertiary alicyclic amines) is 1. The van der Waals surface area contributed by atoms with Crippen molar-refractivity contribution in [3.8, 4) is 0 Å². The van der Waals surface area contributed by atoms with Crippen LogP contribution in [0.3, 0.4) is 0 Å². The van der Waals surface area contributed by atoms with E-state index in [-0.39, 0.29) is 17.7 Å². The molecule has 0 aliphatic carbocycles. The summed E-state index contributed by atoms with van der Waals surface area (Å²) in [6.45, 7) is 7.02. The van der Waals surface area contributed by atoms with Gasteiger partial charge in [-0.3, -0.25) is 9.59 Å². The normalized spacial score (nSPS) is 18.9. The average molecular weight is 287 g/mol. The monoisotopic (exact) mass is 287 g/mol. The summed E-state index contributed by atoms with van der Waals surface area (Å²) < 4.78 is 0. The van der Waals surface area contributed by atoms with Gasteiger partial charge in [0.05, 0.1) is 0 Å². The molecule has 1 aliphatic rings. The van der Waals surface area contributed by atoms with E-state index in [1.807, 2.05) is 24.0 Å². The van der Waals surface area contributed by atoms with Crippen LogP contribution in [0.1, 0.15) is 55.5 Å². The molecule has 2 rings (SSSR count). The molecule has 114 valence electrons. The molecule has 0 spiro atoms. The number of nitrogens with zero attached hydrogens (tertiary/aromatic N) is 1. The van der Waals surface area contributed by atoms with Crippen LogP contribution in [0, 0.1) is 12.8 Å². The lowest BCUT2D eigenvalue weighted by molar-refractivity contribution is -0.130. The van der Waals surface area contributed by atoms with Crippen LogP contribution >= 0.6 is 0 Å². The Morgan fingerprint density at radius 3 is 2.48 bits per heavy atom. The highest BCUT2D eigenvalue weighted by Crippen LogP contribution is 2.23. The molecule has 0 aromatic heterocycles. The molecule has 1 amide bonds. The summed E-state index contributed by atoms with van der Waals surface area (Å²) in [6.07, 6.45) is 4.15. The van der Waals surface area contributed by atoms with E-state index in [1.165, 1.54) is 0 Å². The summed E-state index contributed by atoms with van der Waals surface area (Å²) in [5, 5.41) is 0. The third-order valence-electron chi connectivity index (χ3n) is 4.14. The van der Waals surface area contributed by atoms with Crippen LogP contribution in [-0.2, 0) is 4.79 Å². The van der Waals surface area contributed by atoms with E-state index >= 15 is 0 Å². The second-order valence-electron chi connectivity index (χ2n) is 6.47. The van der Waals surface area contributed by atoms with Crippen molar-refractivity contribution in [3.05, 3.63) is 35.4 Å². The van der Waals surface area contributed by atoms with Crippen LogP contribution in [0.2, 0.25) is 0 Å². The van der Waals surface area contributed by atoms with Gasteiger partial charge in [-0.15, -0.1) is 0 Å². The van der Waals surface area contributed by atoms with Crippen LogP contribution in [0.5, 0.6) is 0 Å². The number of benzene rings is 1. The largest absolute Gasteiger partial charge is 0.333 e. The SMILES string of the molecule is Cc1ccc(C(=O)C(=O)N2CCCC[C@@H]2CC(C)C)cc1. The van der Waals surface area contributed by atoms with Gasteiger partial charge in [-0.05, 0) is 38.5 Å². The number of carbonyl (C=O) groups is 2. The number of piperidine rings is 1. The van der Waals surface area contributed by atoms with Gasteiger partial charge in [-0.2, -0.15) is 0 Å². The molecule has 1 heterocycles. The first-order valence-electron chi connectivity index (χ1n) is 7.91. The Morgan fingerprint density at radius 2 is 1.86 bits per heavy atom. The van der Waals surface area contributed by atoms with E-state index in [1.54, 1.807) is 12.1 Å². The molecule has 1 atom stereocenters. The lowest BCUT2D eigenvalue weighted by atomic mass is 9.93. The molecule has 3 nitrogen and oxygen atoms in total. The minimum absolute atomic E-state index is 0.223. The van der Waals surface area contributed by atoms with Crippen molar-refractivity contribution in [1.82, 2.24) is 4.90 Å². The van der Waals surface area contributed by atoms with Crippen LogP contribution in [0.4, 0.5) is 0 Å². The second kappa shape index (κ2) is 6.88. The van der Waals surface area contributed by atoms with E-state index in [4.69, 9.17) is 0 Å². The van der Waals surface area contributed by atoms with E-state index in [2.05, 4.69) is 13.8 Å². The van der Waals surface area contributed by atoms with E-state index in [0.29, 0.717) is 18.0 Å². The summed E-state index contributed by atoms with van der Waals surface area (Å²) in [5.74, 6) is -0.160. The number of hydrogen-bond donors (Lipinski definition) is 0. The molecular formula is C18H25NO2. The number of rotatable bonds is 4. The average Bonchev–Trinajstić information content (AvgIpc) is 2.46. The minimum atomic E-state index is -0.370. The summed E-state index contributed by atoms with van der Waals surface area (Å²) in [6, 6.07) is 7.47. The van der Waals surface area contributed by atoms with Crippen molar-refractivity contribution in [2.24, 2.45) is 5.92 Å². The topological polar surface area (TPSA) is 37.4 Å². The molecule has 1 saturated heterocycles. The third kappa shape index (κ3) is 3.93. The Balaban J connectivity index is 2.12. The second-order valence-corrected chi connectivity index (χ2v) is 6.47. The van der Waals surface area contributed by atoms with Gasteiger partial charge >= 0.3 is 0 Å². The zero-order chi connectivity index (χ0) is 15.4. The number of hydrogen-bond acceptors (Lipinski definition) is 2. The molecule has 0 radical (unpaired) electrons. The first-order valence-corrected chi connectivity index (χ1v) is 7.91. The number of ketones is 1. The maximum atomic E-state index is 12.6. The fourth-order valence-corrected chi connectivity index (χ4v) is 3.02. The number of carbonyl (C=O) groups excluding carboxylic acids is 2. The highest BCUT2D eigenvalue weighted by molar-refractivity contribution is 6.42. The highest BCUT2D eigenvalue weighted by atomic mass is 16.2. The van der Waals surface area contributed by atoms with Gasteiger partial charge in [0, 0.05) is 18.2 Å². The lowest BCUT2D eigenvalue weighted by Crippen LogP contribution is -2.47. The molecule has 0 saturated carbocycles. The summed E-state index contributed by atoms with van der Waals surface area (Å²) in [7, 11) is 0. The Labute approximate surface area is 127 Å². The molecule has 1 aliphatic heterocycles. The predicted molar refractivity (Wildman–Crippen MR) is 84.3 cm³/mol. The van der Waals surface area contributed by atoms with E-state index < -0.39 is 0 Å². The maximum Gasteiger partial charge on any atom is 0.295 e. The molecule has 0 bridgehead atoms. The molecular weight excluding hydrogens is 262 g/mol. The zero-order valence-electron chi connectivity index (χ0n) is 13.3. The van der Waals surface area contributed by atoms with Gasteiger partial charge < -0.3 is 4.90 Å². The van der Waals surface area contributed by atoms with Crippen molar-refractivity contribution < 1.29 is 9.59 Å². The molecule has 1 aromatic rings. The van der Waals surface area contributed by atoms with E-state index in [9.17, 15) is 9.59 Å². The lowest BCUT2D eigenvalue weighted by Gasteiger charge is -2.36. The minimum Gasteiger partial charge on any atom is -0.333 e. The molecule has 0 N–H and O–H groups in total. The van der Waals surface area contributed by atoms with E-state index in [0.717, 1.165) is 31.2 Å². The van der Waals surface area contributed by atoms with Crippen LogP contribution in [0.15, 0.2) is 24.3 Å². The Bertz CT molecular complexity index is 504. The third-order valence-corrected chi connectivity index (χ3v) is 4.14. The van der Waals surface area contributed by atoms with Crippen molar-refractivity contribution in [2.75, 3.05) is 6.54 Å². The fourth-order valence-electron chi connectivity index (χ4n) is 3.02. The van der Waals surface area contributed by atoms with Gasteiger partial charge in [-0.1, -0.05) is 43.7 Å². The van der Waals surface area contributed by atoms with Crippen LogP contribution in [0.25, 0.3) is 0 Å². The molecule has 0 unspecified atom stereocenters. The number of aryl methyl sites for hydroxylation is 1. The van der Waals surface area contributed by atoms with Crippen molar-refractivity contribution in [3.63, 3.8) is 0 Å². The standard InChI is InChI=1S/C18H25NO2/c1-13(2)12-16-6-4-5-11-19(16)18(21)17(20)15-9-7-14(3)8-10-15/h7-10,13,16H,4-6,11-12H2,1-3H3/t16-/m1/s1. The molecule has 1 fully saturated rings. The first kappa shape index (κ1) is 15.7. The number of amides is 1. The maximum absolute atomic E-state index is 12.6. The van der Waals surface area contributed by atoms with Crippen LogP contribution < -0.4 is 0 Å². The van der Waals surface area contributed by atoms with Crippen molar-refractivity contribution in [1.29, 1.82) is 0 Å². The fraction of sp³-hybridized carbons (Fsp3) is 0.556. The zero-order valence-corrected chi connectivity index (χ0v) is 13.3. The van der Waals surface area contributed by atoms with Crippen LogP contribution in [-0.4, -0.2) is 29.2 Å². The quantitative estimate of drug-likeness (QED) is 0.626. The molecule has 3 heteroatoms. The van der Waals surface area contributed by atoms with Gasteiger partial charge in [0.15, 0.2) is 0 Å². The molecule has 21 heavy (non-hydrogen) atoms. The molecule has 1 aromatic carbocycles. The van der Waals surface area contributed by atoms with Gasteiger partial charge in [0.1, 0.15) is 0 Å². The summed E-state index contributed by atoms with van der Waals surface area (Å²) in [4.78, 5) is 26.8. The smallest absolute Gasteiger partial charge is 0.295 e. The first-order chi connectivity index (χ1) is 9.99.